The molecule has 0 atom stereocenters. The van der Waals surface area contributed by atoms with E-state index in [-0.39, 0.29) is 24.2 Å². The van der Waals surface area contributed by atoms with E-state index in [1.165, 1.54) is 23.1 Å². The Balaban J connectivity index is 1.81. The van der Waals surface area contributed by atoms with Crippen LogP contribution in [-0.4, -0.2) is 61.7 Å². The first kappa shape index (κ1) is 23.0. The van der Waals surface area contributed by atoms with Crippen LogP contribution in [0.3, 0.4) is 0 Å². The maximum atomic E-state index is 12.5. The Hall–Kier alpha value is -2.72. The number of rotatable bonds is 9. The molecule has 3 rings (SSSR count). The molecule has 1 aromatic heterocycles. The van der Waals surface area contributed by atoms with Crippen molar-refractivity contribution in [1.82, 2.24) is 4.90 Å². The molecule has 8 nitrogen and oxygen atoms in total. The molecule has 0 bridgehead atoms. The van der Waals surface area contributed by atoms with E-state index < -0.39 is 5.97 Å². The summed E-state index contributed by atoms with van der Waals surface area (Å²) in [5.41, 5.74) is 1.20. The van der Waals surface area contributed by atoms with Gasteiger partial charge in [0.1, 0.15) is 4.88 Å². The van der Waals surface area contributed by atoms with E-state index in [2.05, 4.69) is 5.32 Å². The summed E-state index contributed by atoms with van der Waals surface area (Å²) in [5.74, 6) is 1.13. The van der Waals surface area contributed by atoms with Gasteiger partial charge in [-0.15, -0.1) is 11.3 Å². The van der Waals surface area contributed by atoms with Gasteiger partial charge in [-0.2, -0.15) is 0 Å². The summed E-state index contributed by atoms with van der Waals surface area (Å²) in [6.45, 7) is 2.94. The van der Waals surface area contributed by atoms with Gasteiger partial charge in [0, 0.05) is 30.1 Å². The second kappa shape index (κ2) is 10.5. The van der Waals surface area contributed by atoms with Crippen molar-refractivity contribution in [3.63, 3.8) is 0 Å². The average Bonchev–Trinajstić information content (AvgIpc) is 3.38. The van der Waals surface area contributed by atoms with Crippen LogP contribution >= 0.6 is 23.1 Å². The third-order valence-corrected chi connectivity index (χ3v) is 6.64. The number of anilines is 1. The first-order valence-corrected chi connectivity index (χ1v) is 11.5. The summed E-state index contributed by atoms with van der Waals surface area (Å²) in [6, 6.07) is 7.18. The molecule has 0 spiro atoms. The summed E-state index contributed by atoms with van der Waals surface area (Å²) in [7, 11) is 3.11. The van der Waals surface area contributed by atoms with Gasteiger partial charge in [-0.3, -0.25) is 9.59 Å². The molecular formula is C21H24N2O6S2. The van der Waals surface area contributed by atoms with Gasteiger partial charge in [0.15, 0.2) is 11.5 Å². The van der Waals surface area contributed by atoms with Crippen molar-refractivity contribution < 1.29 is 28.6 Å². The number of carbonyl (C=O) groups excluding carboxylic acids is 3. The molecule has 0 aliphatic carbocycles. The molecular weight excluding hydrogens is 440 g/mol. The van der Waals surface area contributed by atoms with Crippen LogP contribution in [0.5, 0.6) is 11.5 Å². The van der Waals surface area contributed by atoms with Crippen molar-refractivity contribution in [3.05, 3.63) is 29.1 Å². The SMILES string of the molecule is CCOC(=O)c1sc(-c2ccc(OC)c(OC)c2)cc1NC(=O)CCN1CCSC1=O. The molecule has 2 aromatic rings. The zero-order valence-corrected chi connectivity index (χ0v) is 19.2. The predicted octanol–water partition coefficient (Wildman–Crippen LogP) is 4.11. The minimum absolute atomic E-state index is 0.00807. The topological polar surface area (TPSA) is 94.2 Å². The number of nitrogens with one attached hydrogen (secondary N) is 1. The van der Waals surface area contributed by atoms with Crippen molar-refractivity contribution >= 4 is 45.9 Å². The smallest absolute Gasteiger partial charge is 0.350 e. The molecule has 1 saturated heterocycles. The van der Waals surface area contributed by atoms with Gasteiger partial charge >= 0.3 is 5.97 Å². The van der Waals surface area contributed by atoms with Gasteiger partial charge < -0.3 is 24.4 Å². The molecule has 0 unspecified atom stereocenters. The molecule has 0 saturated carbocycles. The fourth-order valence-electron chi connectivity index (χ4n) is 3.04. The molecule has 0 radical (unpaired) electrons. The fraction of sp³-hybridized carbons (Fsp3) is 0.381. The van der Waals surface area contributed by atoms with Gasteiger partial charge in [0.25, 0.3) is 5.24 Å². The Labute approximate surface area is 188 Å². The van der Waals surface area contributed by atoms with Gasteiger partial charge in [-0.05, 0) is 36.8 Å². The number of thiophene rings is 1. The maximum Gasteiger partial charge on any atom is 0.350 e. The molecule has 2 amide bonds. The Bertz CT molecular complexity index is 975. The number of benzene rings is 1. The first-order valence-electron chi connectivity index (χ1n) is 9.71. The zero-order valence-electron chi connectivity index (χ0n) is 17.6. The standard InChI is InChI=1S/C21H24N2O6S2/c1-4-29-20(25)19-14(22-18(24)7-8-23-9-10-30-21(23)26)12-17(31-19)13-5-6-15(27-2)16(11-13)28-3/h5-6,11-12H,4,7-10H2,1-3H3,(H,22,24). The van der Waals surface area contributed by atoms with Crippen molar-refractivity contribution in [2.24, 2.45) is 0 Å². The number of hydrogen-bond acceptors (Lipinski definition) is 8. The van der Waals surface area contributed by atoms with E-state index in [1.807, 2.05) is 12.1 Å². The molecule has 1 fully saturated rings. The van der Waals surface area contributed by atoms with Gasteiger partial charge in [0.05, 0.1) is 26.5 Å². The molecule has 1 aliphatic rings. The Morgan fingerprint density at radius 3 is 2.58 bits per heavy atom. The van der Waals surface area contributed by atoms with E-state index in [1.54, 1.807) is 38.2 Å². The average molecular weight is 465 g/mol. The molecule has 1 N–H and O–H groups in total. The van der Waals surface area contributed by atoms with Crippen LogP contribution in [0.2, 0.25) is 0 Å². The van der Waals surface area contributed by atoms with E-state index >= 15 is 0 Å². The van der Waals surface area contributed by atoms with E-state index in [0.717, 1.165) is 16.2 Å². The fourth-order valence-corrected chi connectivity index (χ4v) is 4.90. The Morgan fingerprint density at radius 2 is 1.94 bits per heavy atom. The van der Waals surface area contributed by atoms with Crippen molar-refractivity contribution in [3.8, 4) is 21.9 Å². The zero-order chi connectivity index (χ0) is 22.4. The highest BCUT2D eigenvalue weighted by Crippen LogP contribution is 2.39. The minimum Gasteiger partial charge on any atom is -0.493 e. The third kappa shape index (κ3) is 5.50. The van der Waals surface area contributed by atoms with Crippen molar-refractivity contribution in [2.45, 2.75) is 13.3 Å². The quantitative estimate of drug-likeness (QED) is 0.558. The normalized spacial score (nSPS) is 13.3. The number of hydrogen-bond donors (Lipinski definition) is 1. The predicted molar refractivity (Wildman–Crippen MR) is 121 cm³/mol. The first-order chi connectivity index (χ1) is 15.0. The van der Waals surface area contributed by atoms with Crippen LogP contribution in [0.25, 0.3) is 10.4 Å². The minimum atomic E-state index is -0.499. The highest BCUT2D eigenvalue weighted by molar-refractivity contribution is 8.13. The molecule has 1 aliphatic heterocycles. The molecule has 31 heavy (non-hydrogen) atoms. The highest BCUT2D eigenvalue weighted by atomic mass is 32.2. The molecule has 10 heteroatoms. The van der Waals surface area contributed by atoms with E-state index in [9.17, 15) is 14.4 Å². The van der Waals surface area contributed by atoms with Crippen LogP contribution in [0.15, 0.2) is 24.3 Å². The lowest BCUT2D eigenvalue weighted by Gasteiger charge is -2.13. The lowest BCUT2D eigenvalue weighted by Crippen LogP contribution is -2.27. The van der Waals surface area contributed by atoms with Crippen molar-refractivity contribution in [2.75, 3.05) is 45.0 Å². The Kier molecular flexibility index (Phi) is 7.80. The third-order valence-electron chi connectivity index (χ3n) is 4.59. The number of methoxy groups -OCH3 is 2. The number of ether oxygens (including phenoxy) is 3. The molecule has 166 valence electrons. The lowest BCUT2D eigenvalue weighted by molar-refractivity contribution is -0.116. The van der Waals surface area contributed by atoms with Crippen molar-refractivity contribution in [1.29, 1.82) is 0 Å². The van der Waals surface area contributed by atoms with Gasteiger partial charge in [-0.1, -0.05) is 11.8 Å². The number of esters is 1. The summed E-state index contributed by atoms with van der Waals surface area (Å²) in [6.07, 6.45) is 0.149. The van der Waals surface area contributed by atoms with Crippen LogP contribution < -0.4 is 14.8 Å². The number of thioether (sulfide) groups is 1. The Morgan fingerprint density at radius 1 is 1.16 bits per heavy atom. The van der Waals surface area contributed by atoms with Crippen LogP contribution in [0, 0.1) is 0 Å². The molecule has 1 aromatic carbocycles. The lowest BCUT2D eigenvalue weighted by atomic mass is 10.1. The summed E-state index contributed by atoms with van der Waals surface area (Å²) < 4.78 is 15.8. The van der Waals surface area contributed by atoms with Crippen LogP contribution in [0.1, 0.15) is 23.0 Å². The summed E-state index contributed by atoms with van der Waals surface area (Å²) in [5, 5.41) is 2.79. The summed E-state index contributed by atoms with van der Waals surface area (Å²) in [4.78, 5) is 39.4. The van der Waals surface area contributed by atoms with E-state index in [0.29, 0.717) is 35.2 Å². The number of amides is 2. The van der Waals surface area contributed by atoms with Gasteiger partial charge in [-0.25, -0.2) is 4.79 Å². The van der Waals surface area contributed by atoms with Crippen LogP contribution in [0.4, 0.5) is 10.5 Å². The van der Waals surface area contributed by atoms with Gasteiger partial charge in [0.2, 0.25) is 5.91 Å². The molecule has 2 heterocycles. The van der Waals surface area contributed by atoms with E-state index in [4.69, 9.17) is 14.2 Å². The highest BCUT2D eigenvalue weighted by Gasteiger charge is 2.23. The van der Waals surface area contributed by atoms with Crippen LogP contribution in [-0.2, 0) is 9.53 Å². The second-order valence-corrected chi connectivity index (χ2v) is 8.64. The largest absolute Gasteiger partial charge is 0.493 e. The number of nitrogens with zero attached hydrogens (tertiary/aromatic N) is 1. The summed E-state index contributed by atoms with van der Waals surface area (Å²) >= 11 is 2.48. The second-order valence-electron chi connectivity index (χ2n) is 6.54. The maximum absolute atomic E-state index is 12.5. The monoisotopic (exact) mass is 464 g/mol. The number of carbonyl (C=O) groups is 3.